The van der Waals surface area contributed by atoms with Gasteiger partial charge in [0.1, 0.15) is 17.3 Å². The molecule has 6 nitrogen and oxygen atoms in total. The number of rotatable bonds is 5. The number of aryl methyl sites for hydroxylation is 4. The Hall–Kier alpha value is -3.81. The summed E-state index contributed by atoms with van der Waals surface area (Å²) in [6, 6.07) is 10.5. The van der Waals surface area contributed by atoms with Crippen LogP contribution in [0.1, 0.15) is 28.8 Å². The number of nitrogens with zero attached hydrogens (tertiary/aromatic N) is 3. The van der Waals surface area contributed by atoms with Crippen LogP contribution in [0.5, 0.6) is 0 Å². The molecule has 0 saturated heterocycles. The number of carbonyl (C=O) groups is 1. The SMILES string of the molecule is Cc1ccc(NC(=O)CCc2c(C)c3c(C)nn(-c4cccc(F)c4)c3n(C)c2=O)cc1F. The van der Waals surface area contributed by atoms with E-state index in [0.717, 1.165) is 10.9 Å². The fourth-order valence-electron chi connectivity index (χ4n) is 4.09. The molecule has 4 aromatic rings. The van der Waals surface area contributed by atoms with Crippen LogP contribution in [0.2, 0.25) is 0 Å². The lowest BCUT2D eigenvalue weighted by Gasteiger charge is -2.13. The van der Waals surface area contributed by atoms with Crippen LogP contribution in [0.25, 0.3) is 16.7 Å². The van der Waals surface area contributed by atoms with Gasteiger partial charge in [0, 0.05) is 30.1 Å². The molecular formula is C25H24F2N4O2. The quantitative estimate of drug-likeness (QED) is 0.487. The first kappa shape index (κ1) is 22.4. The van der Waals surface area contributed by atoms with Gasteiger partial charge < -0.3 is 5.32 Å². The van der Waals surface area contributed by atoms with Gasteiger partial charge in [-0.25, -0.2) is 13.5 Å². The number of fused-ring (bicyclic) bond motifs is 1. The van der Waals surface area contributed by atoms with Gasteiger partial charge >= 0.3 is 0 Å². The van der Waals surface area contributed by atoms with Crippen LogP contribution in [0, 0.1) is 32.4 Å². The average Bonchev–Trinajstić information content (AvgIpc) is 3.12. The fraction of sp³-hybridized carbons (Fsp3) is 0.240. The molecule has 0 spiro atoms. The van der Waals surface area contributed by atoms with E-state index in [0.29, 0.717) is 33.8 Å². The largest absolute Gasteiger partial charge is 0.326 e. The number of amides is 1. The maximum Gasteiger partial charge on any atom is 0.255 e. The fourth-order valence-corrected chi connectivity index (χ4v) is 4.09. The summed E-state index contributed by atoms with van der Waals surface area (Å²) in [6.45, 7) is 5.31. The third-order valence-corrected chi connectivity index (χ3v) is 5.85. The number of anilines is 1. The van der Waals surface area contributed by atoms with Crippen molar-refractivity contribution in [1.29, 1.82) is 0 Å². The summed E-state index contributed by atoms with van der Waals surface area (Å²) in [7, 11) is 1.64. The Morgan fingerprint density at radius 1 is 1.09 bits per heavy atom. The Kier molecular flexibility index (Phi) is 5.84. The molecule has 0 aliphatic heterocycles. The molecule has 0 radical (unpaired) electrons. The van der Waals surface area contributed by atoms with Gasteiger partial charge in [-0.2, -0.15) is 5.10 Å². The Labute approximate surface area is 189 Å². The first-order chi connectivity index (χ1) is 15.7. The Morgan fingerprint density at radius 2 is 1.85 bits per heavy atom. The number of hydrogen-bond acceptors (Lipinski definition) is 3. The lowest BCUT2D eigenvalue weighted by Crippen LogP contribution is -2.25. The van der Waals surface area contributed by atoms with Crippen molar-refractivity contribution < 1.29 is 13.6 Å². The molecule has 1 amide bonds. The van der Waals surface area contributed by atoms with E-state index < -0.39 is 11.6 Å². The van der Waals surface area contributed by atoms with Crippen LogP contribution < -0.4 is 10.9 Å². The maximum atomic E-state index is 13.8. The van der Waals surface area contributed by atoms with E-state index in [2.05, 4.69) is 10.4 Å². The van der Waals surface area contributed by atoms with Crippen LogP contribution in [0.15, 0.2) is 47.3 Å². The number of nitrogens with one attached hydrogen (secondary N) is 1. The summed E-state index contributed by atoms with van der Waals surface area (Å²) in [5, 5.41) is 8.01. The molecule has 2 heterocycles. The molecule has 0 unspecified atom stereocenters. The second-order valence-electron chi connectivity index (χ2n) is 8.16. The van der Waals surface area contributed by atoms with Gasteiger partial charge in [0.25, 0.3) is 5.56 Å². The van der Waals surface area contributed by atoms with Crippen LogP contribution in [0.4, 0.5) is 14.5 Å². The third-order valence-electron chi connectivity index (χ3n) is 5.85. The molecule has 0 atom stereocenters. The highest BCUT2D eigenvalue weighted by molar-refractivity contribution is 5.91. The monoisotopic (exact) mass is 450 g/mol. The van der Waals surface area contributed by atoms with E-state index in [-0.39, 0.29) is 24.3 Å². The highest BCUT2D eigenvalue weighted by Crippen LogP contribution is 2.26. The van der Waals surface area contributed by atoms with Crippen molar-refractivity contribution in [1.82, 2.24) is 14.3 Å². The molecule has 0 saturated carbocycles. The predicted molar refractivity (Wildman–Crippen MR) is 124 cm³/mol. The summed E-state index contributed by atoms with van der Waals surface area (Å²) in [5.74, 6) is -1.10. The van der Waals surface area contributed by atoms with E-state index >= 15 is 0 Å². The lowest BCUT2D eigenvalue weighted by molar-refractivity contribution is -0.116. The van der Waals surface area contributed by atoms with Crippen molar-refractivity contribution in [3.8, 4) is 5.69 Å². The Morgan fingerprint density at radius 3 is 2.55 bits per heavy atom. The molecular weight excluding hydrogens is 426 g/mol. The lowest BCUT2D eigenvalue weighted by atomic mass is 10.0. The zero-order valence-corrected chi connectivity index (χ0v) is 18.9. The van der Waals surface area contributed by atoms with Crippen LogP contribution >= 0.6 is 0 Å². The molecule has 0 bridgehead atoms. The van der Waals surface area contributed by atoms with Crippen LogP contribution in [0.3, 0.4) is 0 Å². The molecule has 0 aliphatic carbocycles. The number of halogens is 2. The highest BCUT2D eigenvalue weighted by Gasteiger charge is 2.20. The minimum absolute atomic E-state index is 0.0637. The maximum absolute atomic E-state index is 13.8. The van der Waals surface area contributed by atoms with E-state index in [1.54, 1.807) is 42.9 Å². The Bertz CT molecular complexity index is 1450. The number of pyridine rings is 1. The first-order valence-electron chi connectivity index (χ1n) is 10.6. The zero-order valence-electron chi connectivity index (χ0n) is 18.9. The molecule has 1 N–H and O–H groups in total. The smallest absolute Gasteiger partial charge is 0.255 e. The van der Waals surface area contributed by atoms with Crippen molar-refractivity contribution in [2.24, 2.45) is 7.05 Å². The third kappa shape index (κ3) is 4.16. The van der Waals surface area contributed by atoms with Crippen LogP contribution in [-0.4, -0.2) is 20.3 Å². The van der Waals surface area contributed by atoms with Crippen LogP contribution in [-0.2, 0) is 18.3 Å². The van der Waals surface area contributed by atoms with Gasteiger partial charge in [-0.15, -0.1) is 0 Å². The average molecular weight is 450 g/mol. The molecule has 2 aromatic carbocycles. The van der Waals surface area contributed by atoms with E-state index in [1.807, 2.05) is 13.8 Å². The number of hydrogen-bond donors (Lipinski definition) is 1. The van der Waals surface area contributed by atoms with Gasteiger partial charge in [0.05, 0.1) is 11.4 Å². The molecule has 0 aliphatic rings. The number of aromatic nitrogens is 3. The van der Waals surface area contributed by atoms with Crippen molar-refractivity contribution >= 4 is 22.6 Å². The summed E-state index contributed by atoms with van der Waals surface area (Å²) in [6.07, 6.45) is 0.285. The van der Waals surface area contributed by atoms with Gasteiger partial charge in [-0.05, 0) is 68.7 Å². The van der Waals surface area contributed by atoms with Gasteiger partial charge in [-0.1, -0.05) is 12.1 Å². The second-order valence-corrected chi connectivity index (χ2v) is 8.16. The Balaban J connectivity index is 1.66. The normalized spacial score (nSPS) is 11.2. The van der Waals surface area contributed by atoms with Gasteiger partial charge in [0.15, 0.2) is 0 Å². The van der Waals surface area contributed by atoms with E-state index in [4.69, 9.17) is 0 Å². The first-order valence-corrected chi connectivity index (χ1v) is 10.6. The minimum atomic E-state index is -0.397. The van der Waals surface area contributed by atoms with Crippen molar-refractivity contribution in [2.75, 3.05) is 5.32 Å². The second kappa shape index (κ2) is 8.61. The zero-order chi connectivity index (χ0) is 23.9. The summed E-state index contributed by atoms with van der Waals surface area (Å²) in [4.78, 5) is 25.6. The summed E-state index contributed by atoms with van der Waals surface area (Å²) >= 11 is 0. The van der Waals surface area contributed by atoms with E-state index in [1.165, 1.54) is 22.8 Å². The predicted octanol–water partition coefficient (Wildman–Crippen LogP) is 4.50. The standard InChI is InChI=1S/C25H24F2N4O2/c1-14-8-9-18(13-21(14)27)28-22(32)11-10-20-15(2)23-16(3)29-31(24(23)30(4)25(20)33)19-7-5-6-17(26)12-19/h5-9,12-13H,10-11H2,1-4H3,(H,28,32). The molecule has 0 fully saturated rings. The molecule has 8 heteroatoms. The topological polar surface area (TPSA) is 68.9 Å². The van der Waals surface area contributed by atoms with E-state index in [9.17, 15) is 18.4 Å². The molecule has 4 rings (SSSR count). The van der Waals surface area contributed by atoms with Crippen molar-refractivity contribution in [3.63, 3.8) is 0 Å². The minimum Gasteiger partial charge on any atom is -0.326 e. The van der Waals surface area contributed by atoms with Gasteiger partial charge in [-0.3, -0.25) is 14.2 Å². The summed E-state index contributed by atoms with van der Waals surface area (Å²) in [5.41, 5.74) is 3.64. The van der Waals surface area contributed by atoms with Crippen molar-refractivity contribution in [2.45, 2.75) is 33.6 Å². The molecule has 33 heavy (non-hydrogen) atoms. The van der Waals surface area contributed by atoms with Crippen molar-refractivity contribution in [3.05, 3.63) is 86.8 Å². The number of benzene rings is 2. The molecule has 170 valence electrons. The summed E-state index contributed by atoms with van der Waals surface area (Å²) < 4.78 is 30.6. The highest BCUT2D eigenvalue weighted by atomic mass is 19.1. The molecule has 2 aromatic heterocycles. The van der Waals surface area contributed by atoms with Gasteiger partial charge in [0.2, 0.25) is 5.91 Å². The number of carbonyl (C=O) groups excluding carboxylic acids is 1.